The van der Waals surface area contributed by atoms with Crippen molar-refractivity contribution in [1.29, 1.82) is 0 Å². The highest BCUT2D eigenvalue weighted by atomic mass is 14.9. The van der Waals surface area contributed by atoms with Crippen LogP contribution in [0.2, 0.25) is 0 Å². The summed E-state index contributed by atoms with van der Waals surface area (Å²) in [4.78, 5) is 0. The first-order chi connectivity index (χ1) is 8.20. The van der Waals surface area contributed by atoms with E-state index in [-0.39, 0.29) is 0 Å². The molecule has 1 aromatic rings. The maximum atomic E-state index is 3.55. The highest BCUT2D eigenvalue weighted by Crippen LogP contribution is 2.48. The monoisotopic (exact) mass is 231 g/mol. The molecule has 0 bridgehead atoms. The Labute approximate surface area is 106 Å². The van der Waals surface area contributed by atoms with Gasteiger partial charge in [-0.15, -0.1) is 0 Å². The summed E-state index contributed by atoms with van der Waals surface area (Å²) in [5.41, 5.74) is 3.35. The van der Waals surface area contributed by atoms with Gasteiger partial charge >= 0.3 is 0 Å². The fourth-order valence-corrected chi connectivity index (χ4v) is 3.16. The van der Waals surface area contributed by atoms with Gasteiger partial charge in [0.1, 0.15) is 0 Å². The van der Waals surface area contributed by atoms with E-state index >= 15 is 0 Å². The predicted molar refractivity (Wildman–Crippen MR) is 74.4 cm³/mol. The van der Waals surface area contributed by atoms with Crippen LogP contribution >= 0.6 is 0 Å². The maximum absolute atomic E-state index is 3.55. The fraction of sp³-hybridized carbons (Fsp3) is 0.625. The molecule has 0 radical (unpaired) electrons. The van der Waals surface area contributed by atoms with E-state index in [4.69, 9.17) is 0 Å². The number of likely N-dealkylation sites (N-methyl/N-ethyl adjacent to an activating group) is 1. The van der Waals surface area contributed by atoms with Crippen LogP contribution in [0.3, 0.4) is 0 Å². The third-order valence-electron chi connectivity index (χ3n) is 4.28. The van der Waals surface area contributed by atoms with Gasteiger partial charge in [0.05, 0.1) is 0 Å². The second kappa shape index (κ2) is 5.22. The van der Waals surface area contributed by atoms with Crippen LogP contribution in [-0.2, 0) is 5.41 Å². The van der Waals surface area contributed by atoms with E-state index in [2.05, 4.69) is 50.4 Å². The Hall–Kier alpha value is -0.820. The van der Waals surface area contributed by atoms with Crippen LogP contribution in [-0.4, -0.2) is 13.1 Å². The summed E-state index contributed by atoms with van der Waals surface area (Å²) >= 11 is 0. The number of benzene rings is 1. The zero-order chi connectivity index (χ0) is 12.3. The van der Waals surface area contributed by atoms with Crippen LogP contribution in [0, 0.1) is 12.8 Å². The molecule has 1 saturated carbocycles. The van der Waals surface area contributed by atoms with Gasteiger partial charge in [0.15, 0.2) is 0 Å². The Morgan fingerprint density at radius 1 is 1.29 bits per heavy atom. The van der Waals surface area contributed by atoms with Crippen molar-refractivity contribution in [3.05, 3.63) is 35.4 Å². The van der Waals surface area contributed by atoms with E-state index in [1.54, 1.807) is 5.56 Å². The average Bonchev–Trinajstić information content (AvgIpc) is 2.28. The summed E-state index contributed by atoms with van der Waals surface area (Å²) in [5, 5.41) is 3.55. The summed E-state index contributed by atoms with van der Waals surface area (Å²) in [6.07, 6.45) is 4.06. The van der Waals surface area contributed by atoms with Crippen molar-refractivity contribution in [2.24, 2.45) is 5.92 Å². The van der Waals surface area contributed by atoms with Gasteiger partial charge in [0.2, 0.25) is 0 Å². The fourth-order valence-electron chi connectivity index (χ4n) is 3.16. The maximum Gasteiger partial charge on any atom is 0.00831 e. The second-order valence-electron chi connectivity index (χ2n) is 5.61. The molecule has 0 heterocycles. The molecule has 1 aromatic carbocycles. The highest BCUT2D eigenvalue weighted by molar-refractivity contribution is 5.33. The van der Waals surface area contributed by atoms with Crippen LogP contribution in [0.5, 0.6) is 0 Å². The molecule has 1 aliphatic rings. The lowest BCUT2D eigenvalue weighted by atomic mass is 9.57. The normalized spacial score (nSPS) is 27.8. The van der Waals surface area contributed by atoms with Gasteiger partial charge in [-0.3, -0.25) is 0 Å². The van der Waals surface area contributed by atoms with Gasteiger partial charge in [-0.2, -0.15) is 0 Å². The summed E-state index contributed by atoms with van der Waals surface area (Å²) in [5.74, 6) is 0.939. The Kier molecular flexibility index (Phi) is 3.88. The van der Waals surface area contributed by atoms with E-state index in [9.17, 15) is 0 Å². The van der Waals surface area contributed by atoms with Crippen molar-refractivity contribution in [2.45, 2.75) is 45.4 Å². The van der Waals surface area contributed by atoms with E-state index in [0.29, 0.717) is 5.41 Å². The molecule has 0 unspecified atom stereocenters. The third-order valence-corrected chi connectivity index (χ3v) is 4.28. The Bertz CT molecular complexity index is 358. The first-order valence-electron chi connectivity index (χ1n) is 6.98. The predicted octanol–water partition coefficient (Wildman–Crippen LogP) is 3.66. The lowest BCUT2D eigenvalue weighted by molar-refractivity contribution is 0.134. The molecular weight excluding hydrogens is 206 g/mol. The van der Waals surface area contributed by atoms with Crippen LogP contribution in [0.15, 0.2) is 24.3 Å². The van der Waals surface area contributed by atoms with Crippen molar-refractivity contribution in [3.63, 3.8) is 0 Å². The van der Waals surface area contributed by atoms with Crippen molar-refractivity contribution in [2.75, 3.05) is 13.1 Å². The van der Waals surface area contributed by atoms with Crippen LogP contribution in [0.25, 0.3) is 0 Å². The minimum Gasteiger partial charge on any atom is -0.316 e. The van der Waals surface area contributed by atoms with Crippen molar-refractivity contribution in [1.82, 2.24) is 5.32 Å². The standard InChI is InChI=1S/C16H25N/c1-4-14-10-16(11-14,12-17-5-2)15-8-6-7-13(3)9-15/h6-9,14,17H,4-5,10-12H2,1-3H3. The molecule has 1 nitrogen and oxygen atoms in total. The zero-order valence-electron chi connectivity index (χ0n) is 11.4. The van der Waals surface area contributed by atoms with Crippen molar-refractivity contribution in [3.8, 4) is 0 Å². The molecule has 1 fully saturated rings. The van der Waals surface area contributed by atoms with Gasteiger partial charge < -0.3 is 5.32 Å². The number of nitrogens with one attached hydrogen (secondary N) is 1. The molecule has 17 heavy (non-hydrogen) atoms. The molecular formula is C16H25N. The molecule has 2 rings (SSSR count). The molecule has 94 valence electrons. The zero-order valence-corrected chi connectivity index (χ0v) is 11.4. The van der Waals surface area contributed by atoms with Gasteiger partial charge in [-0.1, -0.05) is 50.1 Å². The number of hydrogen-bond donors (Lipinski definition) is 1. The number of rotatable bonds is 5. The Morgan fingerprint density at radius 3 is 2.65 bits per heavy atom. The molecule has 0 spiro atoms. The number of hydrogen-bond acceptors (Lipinski definition) is 1. The van der Waals surface area contributed by atoms with E-state index in [0.717, 1.165) is 19.0 Å². The summed E-state index contributed by atoms with van der Waals surface area (Å²) in [6, 6.07) is 9.09. The van der Waals surface area contributed by atoms with Gasteiger partial charge in [0.25, 0.3) is 0 Å². The molecule has 1 heteroatoms. The first-order valence-corrected chi connectivity index (χ1v) is 6.98. The van der Waals surface area contributed by atoms with Gasteiger partial charge in [0, 0.05) is 12.0 Å². The topological polar surface area (TPSA) is 12.0 Å². The molecule has 1 N–H and O–H groups in total. The van der Waals surface area contributed by atoms with Gasteiger partial charge in [-0.25, -0.2) is 0 Å². The van der Waals surface area contributed by atoms with E-state index < -0.39 is 0 Å². The largest absolute Gasteiger partial charge is 0.316 e. The molecule has 0 aromatic heterocycles. The van der Waals surface area contributed by atoms with Crippen molar-refractivity contribution >= 4 is 0 Å². The Morgan fingerprint density at radius 2 is 2.06 bits per heavy atom. The molecule has 0 saturated heterocycles. The second-order valence-corrected chi connectivity index (χ2v) is 5.61. The SMILES string of the molecule is CCNCC1(c2cccc(C)c2)CC(CC)C1. The van der Waals surface area contributed by atoms with E-state index in [1.807, 2.05) is 0 Å². The van der Waals surface area contributed by atoms with Crippen molar-refractivity contribution < 1.29 is 0 Å². The molecule has 0 amide bonds. The average molecular weight is 231 g/mol. The molecule has 1 aliphatic carbocycles. The van der Waals surface area contributed by atoms with Crippen LogP contribution in [0.1, 0.15) is 44.2 Å². The Balaban J connectivity index is 2.16. The highest BCUT2D eigenvalue weighted by Gasteiger charge is 2.43. The minimum atomic E-state index is 0.419. The molecule has 0 aliphatic heterocycles. The smallest absolute Gasteiger partial charge is 0.00831 e. The third kappa shape index (κ3) is 2.55. The minimum absolute atomic E-state index is 0.419. The summed E-state index contributed by atoms with van der Waals surface area (Å²) < 4.78 is 0. The van der Waals surface area contributed by atoms with E-state index in [1.165, 1.54) is 24.8 Å². The quantitative estimate of drug-likeness (QED) is 0.815. The number of aryl methyl sites for hydroxylation is 1. The molecule has 0 atom stereocenters. The van der Waals surface area contributed by atoms with Crippen LogP contribution < -0.4 is 5.32 Å². The first kappa shape index (κ1) is 12.6. The lowest BCUT2D eigenvalue weighted by Crippen LogP contribution is -2.48. The van der Waals surface area contributed by atoms with Crippen LogP contribution in [0.4, 0.5) is 0 Å². The lowest BCUT2D eigenvalue weighted by Gasteiger charge is -2.48. The summed E-state index contributed by atoms with van der Waals surface area (Å²) in [7, 11) is 0. The summed E-state index contributed by atoms with van der Waals surface area (Å²) in [6.45, 7) is 8.92. The van der Waals surface area contributed by atoms with Gasteiger partial charge in [-0.05, 0) is 37.8 Å².